The van der Waals surface area contributed by atoms with Gasteiger partial charge in [0, 0.05) is 43.6 Å². The molecule has 3 heterocycles. The van der Waals surface area contributed by atoms with E-state index in [9.17, 15) is 5.11 Å². The highest BCUT2D eigenvalue weighted by molar-refractivity contribution is 5.08. The molecule has 1 aromatic heterocycles. The van der Waals surface area contributed by atoms with Crippen molar-refractivity contribution in [2.24, 2.45) is 5.92 Å². The standard InChI is InChI=1S/C18H30N4O2/c1-12(2)21-7-5-15(6-8-21)22-9-14(11-23)16(10-22)18-19-17(20-24-18)13-3-4-13/h12-16,23H,3-11H2,1-2H3/t14-,16+/m0/s1. The molecule has 2 aliphatic heterocycles. The Labute approximate surface area is 144 Å². The summed E-state index contributed by atoms with van der Waals surface area (Å²) in [6.07, 6.45) is 4.82. The maximum atomic E-state index is 9.83. The van der Waals surface area contributed by atoms with Crippen LogP contribution in [-0.2, 0) is 0 Å². The Hall–Kier alpha value is -0.980. The summed E-state index contributed by atoms with van der Waals surface area (Å²) < 4.78 is 5.56. The van der Waals surface area contributed by atoms with Gasteiger partial charge in [0.2, 0.25) is 5.89 Å². The summed E-state index contributed by atoms with van der Waals surface area (Å²) in [7, 11) is 0. The molecule has 2 saturated heterocycles. The van der Waals surface area contributed by atoms with E-state index < -0.39 is 0 Å². The van der Waals surface area contributed by atoms with Crippen LogP contribution in [0.15, 0.2) is 4.52 Å². The molecule has 6 nitrogen and oxygen atoms in total. The van der Waals surface area contributed by atoms with Gasteiger partial charge in [0.15, 0.2) is 5.82 Å². The molecule has 0 unspecified atom stereocenters. The molecule has 1 N–H and O–H groups in total. The number of piperidine rings is 1. The lowest BCUT2D eigenvalue weighted by Crippen LogP contribution is -2.46. The highest BCUT2D eigenvalue weighted by Crippen LogP contribution is 2.40. The third kappa shape index (κ3) is 3.24. The summed E-state index contributed by atoms with van der Waals surface area (Å²) in [6, 6.07) is 1.27. The van der Waals surface area contributed by atoms with Gasteiger partial charge in [-0.2, -0.15) is 4.98 Å². The molecule has 134 valence electrons. The van der Waals surface area contributed by atoms with Crippen molar-refractivity contribution in [2.75, 3.05) is 32.8 Å². The first-order chi connectivity index (χ1) is 11.7. The van der Waals surface area contributed by atoms with Crippen molar-refractivity contribution in [1.82, 2.24) is 19.9 Å². The SMILES string of the molecule is CC(C)N1CCC(N2C[C@@H](CO)[C@H](c3nc(C4CC4)no3)C2)CC1. The lowest BCUT2D eigenvalue weighted by Gasteiger charge is -2.38. The minimum atomic E-state index is 0.193. The van der Waals surface area contributed by atoms with E-state index >= 15 is 0 Å². The molecule has 3 aliphatic rings. The molecule has 0 aromatic carbocycles. The average molecular weight is 334 g/mol. The highest BCUT2D eigenvalue weighted by Gasteiger charge is 2.41. The van der Waals surface area contributed by atoms with Crippen LogP contribution in [0.3, 0.4) is 0 Å². The number of aliphatic hydroxyl groups is 1. The van der Waals surface area contributed by atoms with Gasteiger partial charge in [0.25, 0.3) is 0 Å². The van der Waals surface area contributed by atoms with Crippen molar-refractivity contribution in [3.8, 4) is 0 Å². The third-order valence-electron chi connectivity index (χ3n) is 6.17. The molecule has 0 radical (unpaired) electrons. The molecular weight excluding hydrogens is 304 g/mol. The van der Waals surface area contributed by atoms with E-state index in [1.165, 1.54) is 38.8 Å². The summed E-state index contributed by atoms with van der Waals surface area (Å²) in [5.41, 5.74) is 0. The van der Waals surface area contributed by atoms with Crippen molar-refractivity contribution in [3.05, 3.63) is 11.7 Å². The van der Waals surface area contributed by atoms with E-state index in [0.29, 0.717) is 18.0 Å². The van der Waals surface area contributed by atoms with Gasteiger partial charge in [0.05, 0.1) is 5.92 Å². The second-order valence-corrected chi connectivity index (χ2v) is 8.13. The second kappa shape index (κ2) is 6.73. The second-order valence-electron chi connectivity index (χ2n) is 8.13. The summed E-state index contributed by atoms with van der Waals surface area (Å²) in [5.74, 6) is 2.56. The van der Waals surface area contributed by atoms with Gasteiger partial charge in [-0.15, -0.1) is 0 Å². The number of aliphatic hydroxyl groups excluding tert-OH is 1. The predicted octanol–water partition coefficient (Wildman–Crippen LogP) is 1.83. The zero-order chi connectivity index (χ0) is 16.7. The minimum absolute atomic E-state index is 0.193. The lowest BCUT2D eigenvalue weighted by molar-refractivity contribution is 0.101. The maximum Gasteiger partial charge on any atom is 0.231 e. The van der Waals surface area contributed by atoms with E-state index in [4.69, 9.17) is 4.52 Å². The van der Waals surface area contributed by atoms with Gasteiger partial charge in [-0.1, -0.05) is 5.16 Å². The minimum Gasteiger partial charge on any atom is -0.396 e. The molecule has 0 spiro atoms. The van der Waals surface area contributed by atoms with Crippen LogP contribution in [0.5, 0.6) is 0 Å². The van der Waals surface area contributed by atoms with Crippen LogP contribution >= 0.6 is 0 Å². The van der Waals surface area contributed by atoms with E-state index in [2.05, 4.69) is 33.8 Å². The topological polar surface area (TPSA) is 65.6 Å². The molecule has 1 aromatic rings. The van der Waals surface area contributed by atoms with Crippen molar-refractivity contribution in [2.45, 2.75) is 63.5 Å². The Morgan fingerprint density at radius 1 is 1.17 bits per heavy atom. The summed E-state index contributed by atoms with van der Waals surface area (Å²) >= 11 is 0. The molecule has 24 heavy (non-hydrogen) atoms. The van der Waals surface area contributed by atoms with Crippen molar-refractivity contribution in [3.63, 3.8) is 0 Å². The van der Waals surface area contributed by atoms with Crippen LogP contribution in [0, 0.1) is 5.92 Å². The molecular formula is C18H30N4O2. The third-order valence-corrected chi connectivity index (χ3v) is 6.17. The van der Waals surface area contributed by atoms with Crippen molar-refractivity contribution < 1.29 is 9.63 Å². The number of rotatable bonds is 5. The van der Waals surface area contributed by atoms with Gasteiger partial charge >= 0.3 is 0 Å². The average Bonchev–Trinajstić information content (AvgIpc) is 3.18. The molecule has 3 fully saturated rings. The number of likely N-dealkylation sites (tertiary alicyclic amines) is 2. The van der Waals surface area contributed by atoms with E-state index in [-0.39, 0.29) is 18.4 Å². The first-order valence-corrected chi connectivity index (χ1v) is 9.58. The Balaban J connectivity index is 1.40. The molecule has 1 saturated carbocycles. The molecule has 2 atom stereocenters. The molecule has 4 rings (SSSR count). The summed E-state index contributed by atoms with van der Waals surface area (Å²) in [4.78, 5) is 9.77. The smallest absolute Gasteiger partial charge is 0.231 e. The predicted molar refractivity (Wildman–Crippen MR) is 90.9 cm³/mol. The van der Waals surface area contributed by atoms with Crippen LogP contribution < -0.4 is 0 Å². The van der Waals surface area contributed by atoms with Crippen LogP contribution in [0.25, 0.3) is 0 Å². The Bertz CT molecular complexity index is 549. The number of nitrogens with zero attached hydrogens (tertiary/aromatic N) is 4. The maximum absolute atomic E-state index is 9.83. The van der Waals surface area contributed by atoms with E-state index in [1.807, 2.05) is 0 Å². The van der Waals surface area contributed by atoms with Gasteiger partial charge in [-0.25, -0.2) is 0 Å². The fourth-order valence-electron chi connectivity index (χ4n) is 4.34. The highest BCUT2D eigenvalue weighted by atomic mass is 16.5. The Kier molecular flexibility index (Phi) is 4.62. The van der Waals surface area contributed by atoms with Crippen LogP contribution in [0.4, 0.5) is 0 Å². The first kappa shape index (κ1) is 16.5. The molecule has 6 heteroatoms. The van der Waals surface area contributed by atoms with Crippen molar-refractivity contribution in [1.29, 1.82) is 0 Å². The molecule has 1 aliphatic carbocycles. The zero-order valence-electron chi connectivity index (χ0n) is 14.9. The Morgan fingerprint density at radius 3 is 2.54 bits per heavy atom. The van der Waals surface area contributed by atoms with Crippen LogP contribution in [0.1, 0.15) is 63.1 Å². The van der Waals surface area contributed by atoms with E-state index in [0.717, 1.165) is 24.8 Å². The van der Waals surface area contributed by atoms with Gasteiger partial charge < -0.3 is 14.5 Å². The van der Waals surface area contributed by atoms with Crippen molar-refractivity contribution >= 4 is 0 Å². The van der Waals surface area contributed by atoms with Crippen LogP contribution in [0.2, 0.25) is 0 Å². The number of hydrogen-bond acceptors (Lipinski definition) is 6. The summed E-state index contributed by atoms with van der Waals surface area (Å²) in [6.45, 7) is 9.02. The van der Waals surface area contributed by atoms with Gasteiger partial charge in [0.1, 0.15) is 0 Å². The molecule has 0 bridgehead atoms. The zero-order valence-corrected chi connectivity index (χ0v) is 14.9. The van der Waals surface area contributed by atoms with Gasteiger partial charge in [-0.3, -0.25) is 4.90 Å². The molecule has 0 amide bonds. The monoisotopic (exact) mass is 334 g/mol. The fraction of sp³-hybridized carbons (Fsp3) is 0.889. The lowest BCUT2D eigenvalue weighted by atomic mass is 9.97. The number of aromatic nitrogens is 2. The summed E-state index contributed by atoms with van der Waals surface area (Å²) in [5, 5.41) is 14.0. The Morgan fingerprint density at radius 2 is 1.92 bits per heavy atom. The first-order valence-electron chi connectivity index (χ1n) is 9.58. The number of hydrogen-bond donors (Lipinski definition) is 1. The normalized spacial score (nSPS) is 30.5. The quantitative estimate of drug-likeness (QED) is 0.886. The van der Waals surface area contributed by atoms with Crippen LogP contribution in [-0.4, -0.2) is 69.9 Å². The fourth-order valence-corrected chi connectivity index (χ4v) is 4.34. The van der Waals surface area contributed by atoms with Gasteiger partial charge in [-0.05, 0) is 52.6 Å². The largest absolute Gasteiger partial charge is 0.396 e. The van der Waals surface area contributed by atoms with E-state index in [1.54, 1.807) is 0 Å².